The second-order valence-corrected chi connectivity index (χ2v) is 5.17. The van der Waals surface area contributed by atoms with Gasteiger partial charge in [-0.3, -0.25) is 4.90 Å². The molecule has 0 aromatic rings. The van der Waals surface area contributed by atoms with Crippen LogP contribution in [0.5, 0.6) is 0 Å². The molecule has 0 spiro atoms. The molecular weight excluding hydrogens is 266 g/mol. The summed E-state index contributed by atoms with van der Waals surface area (Å²) in [6.07, 6.45) is 0.290. The van der Waals surface area contributed by atoms with Crippen LogP contribution in [0.2, 0.25) is 0 Å². The zero-order valence-corrected chi connectivity index (χ0v) is 11.4. The molecule has 0 bridgehead atoms. The van der Waals surface area contributed by atoms with Crippen molar-refractivity contribution < 1.29 is 24.5 Å². The lowest BCUT2D eigenvalue weighted by molar-refractivity contribution is -0.144. The number of carboxylic acid groups (broad SMARTS) is 1. The summed E-state index contributed by atoms with van der Waals surface area (Å²) in [7, 11) is 0. The number of urea groups is 1. The molecule has 1 unspecified atom stereocenters. The number of carboxylic acids is 1. The van der Waals surface area contributed by atoms with Crippen molar-refractivity contribution in [3.8, 4) is 0 Å². The number of carbonyl (C=O) groups excluding carboxylic acids is 1. The Bertz CT molecular complexity index is 362. The minimum atomic E-state index is -1.29. The first-order valence-corrected chi connectivity index (χ1v) is 6.79. The molecule has 0 aromatic heterocycles. The standard InChI is InChI=1S/C12H21N3O5/c16-7-6-14-2-4-15(5-3-14)11(19)13-12(10(17)18)1-8-20-9-12/h16H,1-9H2,(H,13,19)(H,17,18). The van der Waals surface area contributed by atoms with Crippen LogP contribution in [0.25, 0.3) is 0 Å². The number of aliphatic hydroxyl groups excluding tert-OH is 1. The Morgan fingerprint density at radius 2 is 1.95 bits per heavy atom. The number of hydrogen-bond acceptors (Lipinski definition) is 5. The van der Waals surface area contributed by atoms with E-state index in [1.807, 2.05) is 0 Å². The summed E-state index contributed by atoms with van der Waals surface area (Å²) in [5.74, 6) is -1.05. The molecule has 0 aromatic carbocycles. The highest BCUT2D eigenvalue weighted by Crippen LogP contribution is 2.19. The number of aliphatic carboxylic acids is 1. The van der Waals surface area contributed by atoms with E-state index in [9.17, 15) is 14.7 Å². The third-order valence-electron chi connectivity index (χ3n) is 3.85. The van der Waals surface area contributed by atoms with Gasteiger partial charge in [0.05, 0.1) is 13.2 Å². The number of nitrogens with zero attached hydrogens (tertiary/aromatic N) is 2. The van der Waals surface area contributed by atoms with Gasteiger partial charge in [0.15, 0.2) is 5.54 Å². The van der Waals surface area contributed by atoms with E-state index in [-0.39, 0.29) is 19.2 Å². The van der Waals surface area contributed by atoms with E-state index in [1.54, 1.807) is 4.90 Å². The van der Waals surface area contributed by atoms with Crippen LogP contribution in [-0.2, 0) is 9.53 Å². The first-order valence-electron chi connectivity index (χ1n) is 6.79. The van der Waals surface area contributed by atoms with Gasteiger partial charge in [-0.25, -0.2) is 9.59 Å². The number of hydrogen-bond donors (Lipinski definition) is 3. The Hall–Kier alpha value is -1.38. The lowest BCUT2D eigenvalue weighted by atomic mass is 9.99. The summed E-state index contributed by atoms with van der Waals surface area (Å²) >= 11 is 0. The molecule has 114 valence electrons. The molecule has 2 rings (SSSR count). The number of ether oxygens (including phenoxy) is 1. The van der Waals surface area contributed by atoms with Crippen molar-refractivity contribution in [2.24, 2.45) is 0 Å². The molecule has 2 heterocycles. The third-order valence-corrected chi connectivity index (χ3v) is 3.85. The maximum absolute atomic E-state index is 12.2. The van der Waals surface area contributed by atoms with Crippen molar-refractivity contribution in [2.75, 3.05) is 52.5 Å². The summed E-state index contributed by atoms with van der Waals surface area (Å²) in [4.78, 5) is 27.2. The monoisotopic (exact) mass is 287 g/mol. The van der Waals surface area contributed by atoms with Crippen molar-refractivity contribution in [3.05, 3.63) is 0 Å². The molecule has 0 radical (unpaired) electrons. The Morgan fingerprint density at radius 1 is 1.25 bits per heavy atom. The number of carbonyl (C=O) groups is 2. The van der Waals surface area contributed by atoms with Gasteiger partial charge in [-0.15, -0.1) is 0 Å². The fraction of sp³-hybridized carbons (Fsp3) is 0.833. The highest BCUT2D eigenvalue weighted by Gasteiger charge is 2.44. The molecule has 1 atom stereocenters. The molecule has 2 aliphatic rings. The fourth-order valence-electron chi connectivity index (χ4n) is 2.49. The van der Waals surface area contributed by atoms with Crippen molar-refractivity contribution in [1.29, 1.82) is 0 Å². The molecule has 2 amide bonds. The van der Waals surface area contributed by atoms with Crippen LogP contribution in [0.3, 0.4) is 0 Å². The van der Waals surface area contributed by atoms with Gasteiger partial charge in [0.1, 0.15) is 0 Å². The van der Waals surface area contributed by atoms with Crippen LogP contribution in [0.15, 0.2) is 0 Å². The van der Waals surface area contributed by atoms with Crippen LogP contribution in [0.4, 0.5) is 4.79 Å². The first kappa shape index (κ1) is 15.0. The van der Waals surface area contributed by atoms with Crippen LogP contribution in [-0.4, -0.2) is 90.1 Å². The molecule has 8 heteroatoms. The van der Waals surface area contributed by atoms with Gasteiger partial charge < -0.3 is 25.2 Å². The van der Waals surface area contributed by atoms with Gasteiger partial charge in [0, 0.05) is 45.8 Å². The summed E-state index contributed by atoms with van der Waals surface area (Å²) in [6, 6.07) is -0.360. The van der Waals surface area contributed by atoms with Crippen LogP contribution in [0, 0.1) is 0 Å². The first-order chi connectivity index (χ1) is 9.57. The van der Waals surface area contributed by atoms with E-state index in [1.165, 1.54) is 0 Å². The van der Waals surface area contributed by atoms with Crippen molar-refractivity contribution in [3.63, 3.8) is 0 Å². The number of aliphatic hydroxyl groups is 1. The van der Waals surface area contributed by atoms with Gasteiger partial charge in [0.2, 0.25) is 0 Å². The Morgan fingerprint density at radius 3 is 2.45 bits per heavy atom. The van der Waals surface area contributed by atoms with Gasteiger partial charge in [-0.1, -0.05) is 0 Å². The van der Waals surface area contributed by atoms with Crippen molar-refractivity contribution >= 4 is 12.0 Å². The van der Waals surface area contributed by atoms with E-state index in [0.717, 1.165) is 0 Å². The van der Waals surface area contributed by atoms with Crippen molar-refractivity contribution in [1.82, 2.24) is 15.1 Å². The predicted molar refractivity (Wildman–Crippen MR) is 69.4 cm³/mol. The molecule has 2 aliphatic heterocycles. The Balaban J connectivity index is 1.87. The Kier molecular flexibility index (Phi) is 4.79. The number of rotatable bonds is 4. The maximum Gasteiger partial charge on any atom is 0.332 e. The van der Waals surface area contributed by atoms with Crippen molar-refractivity contribution in [2.45, 2.75) is 12.0 Å². The van der Waals surface area contributed by atoms with E-state index in [0.29, 0.717) is 45.8 Å². The second-order valence-electron chi connectivity index (χ2n) is 5.17. The summed E-state index contributed by atoms with van der Waals surface area (Å²) in [5.41, 5.74) is -1.29. The van der Waals surface area contributed by atoms with Crippen LogP contribution < -0.4 is 5.32 Å². The lowest BCUT2D eigenvalue weighted by Gasteiger charge is -2.36. The molecular formula is C12H21N3O5. The third kappa shape index (κ3) is 3.20. The van der Waals surface area contributed by atoms with E-state index in [2.05, 4.69) is 10.2 Å². The zero-order valence-electron chi connectivity index (χ0n) is 11.4. The highest BCUT2D eigenvalue weighted by atomic mass is 16.5. The zero-order chi connectivity index (χ0) is 14.6. The van der Waals surface area contributed by atoms with Gasteiger partial charge in [-0.05, 0) is 0 Å². The maximum atomic E-state index is 12.2. The topological polar surface area (TPSA) is 102 Å². The SMILES string of the molecule is O=C(NC1(C(=O)O)CCOC1)N1CCN(CCO)CC1. The quantitative estimate of drug-likeness (QED) is 0.584. The minimum Gasteiger partial charge on any atom is -0.479 e. The smallest absolute Gasteiger partial charge is 0.332 e. The molecule has 2 fully saturated rings. The van der Waals surface area contributed by atoms with Crippen LogP contribution in [0.1, 0.15) is 6.42 Å². The highest BCUT2D eigenvalue weighted by molar-refractivity contribution is 5.86. The summed E-state index contributed by atoms with van der Waals surface area (Å²) < 4.78 is 5.11. The molecule has 3 N–H and O–H groups in total. The average molecular weight is 287 g/mol. The van der Waals surface area contributed by atoms with Crippen LogP contribution >= 0.6 is 0 Å². The molecule has 0 saturated carbocycles. The van der Waals surface area contributed by atoms with Gasteiger partial charge in [-0.2, -0.15) is 0 Å². The predicted octanol–water partition coefficient (Wildman–Crippen LogP) is -1.45. The molecule has 20 heavy (non-hydrogen) atoms. The van der Waals surface area contributed by atoms with E-state index in [4.69, 9.17) is 9.84 Å². The molecule has 8 nitrogen and oxygen atoms in total. The largest absolute Gasteiger partial charge is 0.479 e. The van der Waals surface area contributed by atoms with E-state index < -0.39 is 11.5 Å². The molecule has 0 aliphatic carbocycles. The normalized spacial score (nSPS) is 27.6. The Labute approximate surface area is 117 Å². The number of piperazine rings is 1. The minimum absolute atomic E-state index is 0.0125. The van der Waals surface area contributed by atoms with Gasteiger partial charge >= 0.3 is 12.0 Å². The van der Waals surface area contributed by atoms with Gasteiger partial charge in [0.25, 0.3) is 0 Å². The summed E-state index contributed by atoms with van der Waals surface area (Å²) in [5, 5.41) is 20.7. The fourth-order valence-corrected chi connectivity index (χ4v) is 2.49. The van der Waals surface area contributed by atoms with E-state index >= 15 is 0 Å². The molecule has 2 saturated heterocycles. The number of nitrogens with one attached hydrogen (secondary N) is 1. The number of β-amino-alcohol motifs (C(OH)–C–C–N with tert-alkyl or cyclic N) is 1. The number of amides is 2. The second kappa shape index (κ2) is 6.38. The average Bonchev–Trinajstić information content (AvgIpc) is 2.90. The lowest BCUT2D eigenvalue weighted by Crippen LogP contribution is -2.61. The summed E-state index contributed by atoms with van der Waals surface area (Å²) in [6.45, 7) is 3.49.